The van der Waals surface area contributed by atoms with Crippen LogP contribution in [0.1, 0.15) is 33.6 Å². The second-order valence-electron chi connectivity index (χ2n) is 5.00. The molecule has 0 aromatic rings. The fraction of sp³-hybridized carbons (Fsp3) is 1.00. The van der Waals surface area contributed by atoms with Crippen LogP contribution in [0.15, 0.2) is 0 Å². The van der Waals surface area contributed by atoms with Crippen LogP contribution in [0.2, 0.25) is 0 Å². The molecule has 3 nitrogen and oxygen atoms in total. The predicted molar refractivity (Wildman–Crippen MR) is 63.9 cm³/mol. The maximum absolute atomic E-state index is 5.70. The molecule has 0 spiro atoms. The standard InChI is InChI=1S/C12H26N2O/c1-10(7-13)5-4-6-14-8-11(2)15-12(3)9-14/h10-12H,4-9,13H2,1-3H3/t10?,11-,12+. The first-order chi connectivity index (χ1) is 7.11. The topological polar surface area (TPSA) is 38.5 Å². The van der Waals surface area contributed by atoms with Crippen molar-refractivity contribution in [1.29, 1.82) is 0 Å². The van der Waals surface area contributed by atoms with E-state index >= 15 is 0 Å². The van der Waals surface area contributed by atoms with Gasteiger partial charge in [0.05, 0.1) is 12.2 Å². The summed E-state index contributed by atoms with van der Waals surface area (Å²) in [5, 5.41) is 0. The van der Waals surface area contributed by atoms with E-state index < -0.39 is 0 Å². The van der Waals surface area contributed by atoms with Crippen molar-refractivity contribution < 1.29 is 4.74 Å². The lowest BCUT2D eigenvalue weighted by Gasteiger charge is -2.35. The van der Waals surface area contributed by atoms with Crippen molar-refractivity contribution >= 4 is 0 Å². The molecule has 0 aliphatic carbocycles. The van der Waals surface area contributed by atoms with Gasteiger partial charge in [-0.05, 0) is 45.7 Å². The maximum atomic E-state index is 5.70. The van der Waals surface area contributed by atoms with Gasteiger partial charge in [-0.25, -0.2) is 0 Å². The van der Waals surface area contributed by atoms with Gasteiger partial charge in [-0.15, -0.1) is 0 Å². The van der Waals surface area contributed by atoms with Crippen LogP contribution in [0.25, 0.3) is 0 Å². The average Bonchev–Trinajstić information content (AvgIpc) is 2.16. The number of hydrogen-bond acceptors (Lipinski definition) is 3. The minimum atomic E-state index is 0.390. The van der Waals surface area contributed by atoms with Gasteiger partial charge in [0, 0.05) is 13.1 Å². The highest BCUT2D eigenvalue weighted by atomic mass is 16.5. The Hall–Kier alpha value is -0.120. The van der Waals surface area contributed by atoms with E-state index in [2.05, 4.69) is 25.7 Å². The predicted octanol–water partition coefficient (Wildman–Crippen LogP) is 1.47. The Bertz CT molecular complexity index is 165. The van der Waals surface area contributed by atoms with Crippen LogP contribution in [-0.2, 0) is 4.74 Å². The van der Waals surface area contributed by atoms with Crippen LogP contribution in [0.5, 0.6) is 0 Å². The van der Waals surface area contributed by atoms with Crippen LogP contribution >= 0.6 is 0 Å². The molecule has 1 aliphatic heterocycles. The van der Waals surface area contributed by atoms with E-state index in [-0.39, 0.29) is 0 Å². The lowest BCUT2D eigenvalue weighted by atomic mass is 10.1. The number of nitrogens with zero attached hydrogens (tertiary/aromatic N) is 1. The molecule has 1 heterocycles. The molecule has 1 unspecified atom stereocenters. The van der Waals surface area contributed by atoms with E-state index in [9.17, 15) is 0 Å². The second kappa shape index (κ2) is 6.46. The summed E-state index contributed by atoms with van der Waals surface area (Å²) >= 11 is 0. The summed E-state index contributed by atoms with van der Waals surface area (Å²) < 4.78 is 5.70. The quantitative estimate of drug-likeness (QED) is 0.753. The van der Waals surface area contributed by atoms with Crippen LogP contribution in [0.3, 0.4) is 0 Å². The van der Waals surface area contributed by atoms with Crippen molar-refractivity contribution in [2.75, 3.05) is 26.2 Å². The van der Waals surface area contributed by atoms with Crippen molar-refractivity contribution in [2.24, 2.45) is 11.7 Å². The third-order valence-corrected chi connectivity index (χ3v) is 3.07. The fourth-order valence-corrected chi connectivity index (χ4v) is 2.25. The number of nitrogens with two attached hydrogens (primary N) is 1. The highest BCUT2D eigenvalue weighted by molar-refractivity contribution is 4.73. The van der Waals surface area contributed by atoms with E-state index in [1.165, 1.54) is 19.4 Å². The first-order valence-electron chi connectivity index (χ1n) is 6.19. The summed E-state index contributed by atoms with van der Waals surface area (Å²) in [7, 11) is 0. The molecule has 15 heavy (non-hydrogen) atoms. The van der Waals surface area contributed by atoms with Gasteiger partial charge in [0.2, 0.25) is 0 Å². The van der Waals surface area contributed by atoms with Crippen LogP contribution in [0.4, 0.5) is 0 Å². The average molecular weight is 214 g/mol. The van der Waals surface area contributed by atoms with E-state index in [0.717, 1.165) is 19.6 Å². The zero-order valence-electron chi connectivity index (χ0n) is 10.4. The van der Waals surface area contributed by atoms with Gasteiger partial charge in [0.25, 0.3) is 0 Å². The Morgan fingerprint density at radius 3 is 2.47 bits per heavy atom. The van der Waals surface area contributed by atoms with Gasteiger partial charge in [-0.3, -0.25) is 4.90 Å². The van der Waals surface area contributed by atoms with E-state index in [0.29, 0.717) is 18.1 Å². The summed E-state index contributed by atoms with van der Waals surface area (Å²) in [5.74, 6) is 0.667. The van der Waals surface area contributed by atoms with Crippen molar-refractivity contribution in [2.45, 2.75) is 45.8 Å². The van der Waals surface area contributed by atoms with Gasteiger partial charge in [-0.1, -0.05) is 6.92 Å². The first kappa shape index (κ1) is 12.9. The molecule has 90 valence electrons. The summed E-state index contributed by atoms with van der Waals surface area (Å²) in [6.07, 6.45) is 3.29. The van der Waals surface area contributed by atoms with Gasteiger partial charge in [0.1, 0.15) is 0 Å². The Balaban J connectivity index is 2.15. The van der Waals surface area contributed by atoms with Crippen molar-refractivity contribution in [3.05, 3.63) is 0 Å². The lowest BCUT2D eigenvalue weighted by molar-refractivity contribution is -0.0683. The molecule has 0 bridgehead atoms. The molecule has 0 aromatic carbocycles. The molecule has 0 radical (unpaired) electrons. The number of hydrogen-bond donors (Lipinski definition) is 1. The molecule has 1 rings (SSSR count). The molecule has 0 amide bonds. The fourth-order valence-electron chi connectivity index (χ4n) is 2.25. The molecular weight excluding hydrogens is 188 g/mol. The Morgan fingerprint density at radius 2 is 1.93 bits per heavy atom. The number of rotatable bonds is 5. The highest BCUT2D eigenvalue weighted by Gasteiger charge is 2.21. The molecule has 3 atom stereocenters. The minimum absolute atomic E-state index is 0.390. The van der Waals surface area contributed by atoms with E-state index in [4.69, 9.17) is 10.5 Å². The zero-order valence-corrected chi connectivity index (χ0v) is 10.4. The molecule has 0 saturated carbocycles. The minimum Gasteiger partial charge on any atom is -0.373 e. The van der Waals surface area contributed by atoms with E-state index in [1.54, 1.807) is 0 Å². The number of ether oxygens (including phenoxy) is 1. The second-order valence-corrected chi connectivity index (χ2v) is 5.00. The molecule has 2 N–H and O–H groups in total. The summed E-state index contributed by atoms with van der Waals surface area (Å²) in [5.41, 5.74) is 5.60. The van der Waals surface area contributed by atoms with Gasteiger partial charge in [0.15, 0.2) is 0 Å². The van der Waals surface area contributed by atoms with Crippen LogP contribution in [-0.4, -0.2) is 43.3 Å². The first-order valence-corrected chi connectivity index (χ1v) is 6.19. The molecule has 1 aliphatic rings. The smallest absolute Gasteiger partial charge is 0.0678 e. The third-order valence-electron chi connectivity index (χ3n) is 3.07. The van der Waals surface area contributed by atoms with Gasteiger partial charge in [-0.2, -0.15) is 0 Å². The number of morpholine rings is 1. The summed E-state index contributed by atoms with van der Waals surface area (Å²) in [4.78, 5) is 2.52. The van der Waals surface area contributed by atoms with Crippen LogP contribution in [0, 0.1) is 5.92 Å². The Morgan fingerprint density at radius 1 is 1.33 bits per heavy atom. The molecule has 3 heteroatoms. The Labute approximate surface area is 94.0 Å². The summed E-state index contributed by atoms with van der Waals surface area (Å²) in [6.45, 7) is 10.7. The monoisotopic (exact) mass is 214 g/mol. The third kappa shape index (κ3) is 4.96. The molecule has 0 aromatic heterocycles. The lowest BCUT2D eigenvalue weighted by Crippen LogP contribution is -2.45. The van der Waals surface area contributed by atoms with E-state index in [1.807, 2.05) is 0 Å². The molecular formula is C12H26N2O. The van der Waals surface area contributed by atoms with Crippen molar-refractivity contribution in [3.8, 4) is 0 Å². The zero-order chi connectivity index (χ0) is 11.3. The van der Waals surface area contributed by atoms with Gasteiger partial charge >= 0.3 is 0 Å². The van der Waals surface area contributed by atoms with Crippen molar-refractivity contribution in [3.63, 3.8) is 0 Å². The highest BCUT2D eigenvalue weighted by Crippen LogP contribution is 2.12. The SMILES string of the molecule is CC(CN)CCCN1C[C@@H](C)O[C@@H](C)C1. The van der Waals surface area contributed by atoms with Gasteiger partial charge < -0.3 is 10.5 Å². The molecule has 1 saturated heterocycles. The summed E-state index contributed by atoms with van der Waals surface area (Å²) in [6, 6.07) is 0. The normalized spacial score (nSPS) is 30.4. The van der Waals surface area contributed by atoms with Crippen molar-refractivity contribution in [1.82, 2.24) is 4.90 Å². The maximum Gasteiger partial charge on any atom is 0.0678 e. The largest absolute Gasteiger partial charge is 0.373 e. The molecule has 1 fully saturated rings. The van der Waals surface area contributed by atoms with Crippen LogP contribution < -0.4 is 5.73 Å². The Kier molecular flexibility index (Phi) is 5.58.